The zero-order chi connectivity index (χ0) is 26.3. The number of methoxy groups -OCH3 is 1. The summed E-state index contributed by atoms with van der Waals surface area (Å²) in [5.74, 6) is 1.44. The minimum Gasteiger partial charge on any atom is -0.491 e. The number of aryl methyl sites for hydroxylation is 1. The molecule has 0 radical (unpaired) electrons. The summed E-state index contributed by atoms with van der Waals surface area (Å²) in [7, 11) is 1.43. The maximum atomic E-state index is 12.0. The van der Waals surface area contributed by atoms with Gasteiger partial charge in [-0.3, -0.25) is 4.79 Å². The fourth-order valence-electron chi connectivity index (χ4n) is 6.15. The summed E-state index contributed by atoms with van der Waals surface area (Å²) in [6.45, 7) is 15.6. The van der Waals surface area contributed by atoms with Gasteiger partial charge in [-0.25, -0.2) is 4.98 Å². The van der Waals surface area contributed by atoms with Crippen molar-refractivity contribution in [1.82, 2.24) is 9.55 Å². The fraction of sp³-hybridized carbons (Fsp3) is 0.533. The largest absolute Gasteiger partial charge is 0.491 e. The predicted molar refractivity (Wildman–Crippen MR) is 146 cm³/mol. The Morgan fingerprint density at radius 3 is 2.33 bits per heavy atom. The Balaban J connectivity index is 1.79. The van der Waals surface area contributed by atoms with Gasteiger partial charge >= 0.3 is 5.97 Å². The maximum Gasteiger partial charge on any atom is 0.309 e. The predicted octanol–water partition coefficient (Wildman–Crippen LogP) is 7.37. The normalized spacial score (nSPS) is 17.4. The van der Waals surface area contributed by atoms with Gasteiger partial charge in [-0.1, -0.05) is 27.7 Å². The highest BCUT2D eigenvalue weighted by molar-refractivity contribution is 5.83. The zero-order valence-corrected chi connectivity index (χ0v) is 23.1. The first kappa shape index (κ1) is 26.1. The third-order valence-electron chi connectivity index (χ3n) is 7.09. The molecule has 3 aromatic rings. The molecule has 1 aliphatic carbocycles. The van der Waals surface area contributed by atoms with Crippen molar-refractivity contribution in [3.8, 4) is 5.75 Å². The first-order valence-electron chi connectivity index (χ1n) is 13.0. The van der Waals surface area contributed by atoms with Gasteiger partial charge < -0.3 is 19.4 Å². The standard InChI is InChI=1S/C30H41N3O3/c1-19(2)36-24-11-9-22(10-12-24)31-28-32-25-14-21(15-27(34)35-8)20(3)13-26(25)33(28)23-16-29(4,5)18-30(6,7)17-23/h9-14,19,23H,15-18H2,1-8H3,(H,31,32). The highest BCUT2D eigenvalue weighted by atomic mass is 16.5. The highest BCUT2D eigenvalue weighted by Gasteiger charge is 2.40. The molecule has 4 rings (SSSR count). The number of rotatable bonds is 7. The van der Waals surface area contributed by atoms with Crippen LogP contribution in [0.2, 0.25) is 0 Å². The summed E-state index contributed by atoms with van der Waals surface area (Å²) in [4.78, 5) is 17.0. The van der Waals surface area contributed by atoms with Crippen molar-refractivity contribution in [2.45, 2.75) is 86.3 Å². The van der Waals surface area contributed by atoms with Crippen molar-refractivity contribution in [3.63, 3.8) is 0 Å². The number of hydrogen-bond acceptors (Lipinski definition) is 5. The summed E-state index contributed by atoms with van der Waals surface area (Å²) in [5, 5.41) is 3.59. The van der Waals surface area contributed by atoms with E-state index in [9.17, 15) is 4.79 Å². The Labute approximate surface area is 215 Å². The number of nitrogens with zero attached hydrogens (tertiary/aromatic N) is 2. The maximum absolute atomic E-state index is 12.0. The van der Waals surface area contributed by atoms with Gasteiger partial charge in [0.1, 0.15) is 5.75 Å². The number of carbonyl (C=O) groups excluding carboxylic acids is 1. The van der Waals surface area contributed by atoms with Crippen LogP contribution in [0, 0.1) is 17.8 Å². The molecule has 0 atom stereocenters. The Morgan fingerprint density at radius 2 is 1.75 bits per heavy atom. The Hall–Kier alpha value is -3.02. The Kier molecular flexibility index (Phi) is 7.09. The zero-order valence-electron chi connectivity index (χ0n) is 23.1. The minimum absolute atomic E-state index is 0.133. The number of ether oxygens (including phenoxy) is 2. The first-order valence-corrected chi connectivity index (χ1v) is 13.0. The van der Waals surface area contributed by atoms with E-state index in [-0.39, 0.29) is 29.3 Å². The number of fused-ring (bicyclic) bond motifs is 1. The van der Waals surface area contributed by atoms with Crippen molar-refractivity contribution in [3.05, 3.63) is 47.5 Å². The van der Waals surface area contributed by atoms with E-state index in [1.165, 1.54) is 13.5 Å². The lowest BCUT2D eigenvalue weighted by molar-refractivity contribution is -0.139. The van der Waals surface area contributed by atoms with Crippen LogP contribution in [0.5, 0.6) is 5.75 Å². The van der Waals surface area contributed by atoms with Gasteiger partial charge in [0.25, 0.3) is 0 Å². The molecule has 194 valence electrons. The van der Waals surface area contributed by atoms with E-state index in [0.29, 0.717) is 6.04 Å². The van der Waals surface area contributed by atoms with Crippen molar-refractivity contribution < 1.29 is 14.3 Å². The van der Waals surface area contributed by atoms with E-state index < -0.39 is 0 Å². The molecular formula is C30H41N3O3. The second kappa shape index (κ2) is 9.79. The smallest absolute Gasteiger partial charge is 0.309 e. The molecule has 1 aliphatic rings. The van der Waals surface area contributed by atoms with Crippen LogP contribution in [0.3, 0.4) is 0 Å². The summed E-state index contributed by atoms with van der Waals surface area (Å²) in [6.07, 6.45) is 3.75. The van der Waals surface area contributed by atoms with Crippen LogP contribution in [0.25, 0.3) is 11.0 Å². The number of carbonyl (C=O) groups is 1. The third kappa shape index (κ3) is 5.85. The number of imidazole rings is 1. The van der Waals surface area contributed by atoms with Crippen LogP contribution < -0.4 is 10.1 Å². The molecule has 1 heterocycles. The highest BCUT2D eigenvalue weighted by Crippen LogP contribution is 2.51. The van der Waals surface area contributed by atoms with Gasteiger partial charge in [0.15, 0.2) is 0 Å². The van der Waals surface area contributed by atoms with E-state index >= 15 is 0 Å². The summed E-state index contributed by atoms with van der Waals surface area (Å²) in [6, 6.07) is 12.6. The molecular weight excluding hydrogens is 450 g/mol. The number of nitrogens with one attached hydrogen (secondary N) is 1. The van der Waals surface area contributed by atoms with Gasteiger partial charge in [-0.05, 0) is 98.4 Å². The molecule has 36 heavy (non-hydrogen) atoms. The Morgan fingerprint density at radius 1 is 1.11 bits per heavy atom. The van der Waals surface area contributed by atoms with Crippen LogP contribution in [0.4, 0.5) is 11.6 Å². The van der Waals surface area contributed by atoms with Crippen LogP contribution in [-0.4, -0.2) is 28.7 Å². The molecule has 0 amide bonds. The molecule has 1 N–H and O–H groups in total. The lowest BCUT2D eigenvalue weighted by Gasteiger charge is -2.45. The topological polar surface area (TPSA) is 65.4 Å². The second-order valence-electron chi connectivity index (χ2n) is 12.2. The molecule has 1 saturated carbocycles. The Bertz CT molecular complexity index is 1220. The lowest BCUT2D eigenvalue weighted by Crippen LogP contribution is -2.35. The molecule has 0 spiro atoms. The van der Waals surface area contributed by atoms with Crippen molar-refractivity contribution >= 4 is 28.6 Å². The molecule has 0 saturated heterocycles. The average molecular weight is 492 g/mol. The molecule has 1 fully saturated rings. The molecule has 0 unspecified atom stereocenters. The van der Waals surface area contributed by atoms with E-state index in [1.807, 2.05) is 44.2 Å². The molecule has 6 heteroatoms. The summed E-state index contributed by atoms with van der Waals surface area (Å²) < 4.78 is 13.1. The van der Waals surface area contributed by atoms with Gasteiger partial charge in [0.2, 0.25) is 5.95 Å². The van der Waals surface area contributed by atoms with E-state index in [1.54, 1.807) is 0 Å². The second-order valence-corrected chi connectivity index (χ2v) is 12.2. The van der Waals surface area contributed by atoms with Crippen LogP contribution >= 0.6 is 0 Å². The van der Waals surface area contributed by atoms with Crippen LogP contribution in [0.1, 0.15) is 78.0 Å². The SMILES string of the molecule is COC(=O)Cc1cc2nc(Nc3ccc(OC(C)C)cc3)n(C3CC(C)(C)CC(C)(C)C3)c2cc1C. The van der Waals surface area contributed by atoms with Crippen LogP contribution in [-0.2, 0) is 16.0 Å². The molecule has 0 aliphatic heterocycles. The minimum atomic E-state index is -0.241. The number of hydrogen-bond donors (Lipinski definition) is 1. The van der Waals surface area contributed by atoms with E-state index in [0.717, 1.165) is 52.4 Å². The number of esters is 1. The molecule has 6 nitrogen and oxygen atoms in total. The number of benzene rings is 2. The van der Waals surface area contributed by atoms with E-state index in [2.05, 4.69) is 50.6 Å². The molecule has 1 aromatic heterocycles. The van der Waals surface area contributed by atoms with Gasteiger partial charge in [0, 0.05) is 11.7 Å². The van der Waals surface area contributed by atoms with E-state index in [4.69, 9.17) is 14.5 Å². The fourth-order valence-corrected chi connectivity index (χ4v) is 6.15. The monoisotopic (exact) mass is 491 g/mol. The first-order chi connectivity index (χ1) is 16.9. The summed E-state index contributed by atoms with van der Waals surface area (Å²) >= 11 is 0. The third-order valence-corrected chi connectivity index (χ3v) is 7.09. The van der Waals surface area contributed by atoms with Gasteiger partial charge in [0.05, 0.1) is 30.7 Å². The van der Waals surface area contributed by atoms with Crippen LogP contribution in [0.15, 0.2) is 36.4 Å². The summed E-state index contributed by atoms with van der Waals surface area (Å²) in [5.41, 5.74) is 5.44. The van der Waals surface area contributed by atoms with Crippen molar-refractivity contribution in [2.75, 3.05) is 12.4 Å². The average Bonchev–Trinajstić information content (AvgIpc) is 3.09. The number of anilines is 2. The van der Waals surface area contributed by atoms with Gasteiger partial charge in [-0.2, -0.15) is 0 Å². The quantitative estimate of drug-likeness (QED) is 0.350. The molecule has 2 aromatic carbocycles. The molecule has 0 bridgehead atoms. The lowest BCUT2D eigenvalue weighted by atomic mass is 9.63. The van der Waals surface area contributed by atoms with Crippen molar-refractivity contribution in [2.24, 2.45) is 10.8 Å². The van der Waals surface area contributed by atoms with Gasteiger partial charge in [-0.15, -0.1) is 0 Å². The number of aromatic nitrogens is 2. The van der Waals surface area contributed by atoms with Crippen molar-refractivity contribution in [1.29, 1.82) is 0 Å².